The minimum absolute atomic E-state index is 0. The van der Waals surface area contributed by atoms with Crippen LogP contribution in [0.25, 0.3) is 54.2 Å². The Kier molecular flexibility index (Phi) is 6.09. The molecule has 0 aliphatic heterocycles. The summed E-state index contributed by atoms with van der Waals surface area (Å²) in [7, 11) is 0. The molecule has 4 aromatic carbocycles. The molecule has 0 saturated carbocycles. The molecule has 4 heteroatoms. The summed E-state index contributed by atoms with van der Waals surface area (Å²) in [4.78, 5) is 28.3. The Labute approximate surface area is 266 Å². The van der Waals surface area contributed by atoms with Crippen LogP contribution in [-0.4, -0.2) is 0 Å². The maximum Gasteiger partial charge on any atom is 1.00 e. The van der Waals surface area contributed by atoms with E-state index in [1.807, 2.05) is 36.4 Å². The van der Waals surface area contributed by atoms with E-state index in [1.54, 1.807) is 0 Å². The van der Waals surface area contributed by atoms with Gasteiger partial charge in [0.25, 0.3) is 0 Å². The average Bonchev–Trinajstić information content (AvgIpc) is 2.79. The minimum atomic E-state index is -0.239. The molecule has 0 bridgehead atoms. The summed E-state index contributed by atoms with van der Waals surface area (Å²) in [5.41, 5.74) is 3.53. The number of benzene rings is 6. The molecule has 38 heavy (non-hydrogen) atoms. The van der Waals surface area contributed by atoms with E-state index in [0.717, 1.165) is 22.3 Å². The topological polar surface area (TPSA) is 57.2 Å². The van der Waals surface area contributed by atoms with Gasteiger partial charge in [-0.05, 0) is 68.0 Å². The first kappa shape index (κ1) is 27.7. The molecule has 0 N–H and O–H groups in total. The SMILES string of the molecule is CC(C)(C)c1cc2c3c(c1)c(=O)c1cc(C(C)(C)C)cc4c([O-])c5cc(C(C)(C)C)cc(c2=O)c5c-3c41.[K+]. The van der Waals surface area contributed by atoms with Crippen molar-refractivity contribution < 1.29 is 56.5 Å². The molecular weight excluding hydrogens is 495 g/mol. The van der Waals surface area contributed by atoms with E-state index in [4.69, 9.17) is 0 Å². The maximum atomic E-state index is 14.2. The van der Waals surface area contributed by atoms with Crippen molar-refractivity contribution in [1.29, 1.82) is 0 Å². The van der Waals surface area contributed by atoms with Crippen molar-refractivity contribution in [2.45, 2.75) is 78.6 Å². The Morgan fingerprint density at radius 3 is 1.08 bits per heavy atom. The van der Waals surface area contributed by atoms with Crippen LogP contribution in [0.2, 0.25) is 0 Å². The van der Waals surface area contributed by atoms with E-state index >= 15 is 0 Å². The molecule has 4 aromatic rings. The van der Waals surface area contributed by atoms with Gasteiger partial charge < -0.3 is 5.11 Å². The zero-order chi connectivity index (χ0) is 27.0. The Balaban J connectivity index is 0.00000294. The standard InChI is InChI=1S/C34H34O3.K/c1-32(2,3)16-10-19-25-20(11-16)30(36)22-13-18(34(7,8)9)15-24-27(22)28(25)26-21(29(19)35)12-17(33(4,5)6)14-23(26)31(24)37;/h10-15,35H,1-9H3;/q;+1/p-1. The Bertz CT molecular complexity index is 1830. The van der Waals surface area contributed by atoms with Crippen molar-refractivity contribution in [3.05, 3.63) is 73.5 Å². The van der Waals surface area contributed by atoms with E-state index in [2.05, 4.69) is 62.3 Å². The Hall–Kier alpha value is -1.82. The predicted octanol–water partition coefficient (Wildman–Crippen LogP) is 4.41. The summed E-state index contributed by atoms with van der Waals surface area (Å²) in [6.45, 7) is 18.9. The minimum Gasteiger partial charge on any atom is -0.872 e. The van der Waals surface area contributed by atoms with Crippen LogP contribution in [0, 0.1) is 0 Å². The van der Waals surface area contributed by atoms with Gasteiger partial charge in [-0.3, -0.25) is 9.59 Å². The first-order valence-electron chi connectivity index (χ1n) is 13.1. The third-order valence-electron chi connectivity index (χ3n) is 8.23. The molecule has 3 nitrogen and oxygen atoms in total. The molecule has 6 rings (SSSR count). The van der Waals surface area contributed by atoms with Gasteiger partial charge in [0.1, 0.15) is 0 Å². The van der Waals surface area contributed by atoms with Crippen molar-refractivity contribution in [3.8, 4) is 16.9 Å². The quantitative estimate of drug-likeness (QED) is 0.167. The molecule has 0 spiro atoms. The van der Waals surface area contributed by atoms with E-state index in [9.17, 15) is 14.7 Å². The van der Waals surface area contributed by atoms with Gasteiger partial charge in [0.05, 0.1) is 0 Å². The molecule has 0 aromatic heterocycles. The summed E-state index contributed by atoms with van der Waals surface area (Å²) in [6.07, 6.45) is 0. The molecule has 0 heterocycles. The van der Waals surface area contributed by atoms with Crippen molar-refractivity contribution in [1.82, 2.24) is 0 Å². The van der Waals surface area contributed by atoms with Crippen LogP contribution in [0.4, 0.5) is 0 Å². The van der Waals surface area contributed by atoms with Crippen molar-refractivity contribution >= 4 is 43.1 Å². The van der Waals surface area contributed by atoms with Gasteiger partial charge in [-0.2, -0.15) is 0 Å². The summed E-state index contributed by atoms with van der Waals surface area (Å²) in [5.74, 6) is -0.104. The monoisotopic (exact) mass is 528 g/mol. The van der Waals surface area contributed by atoms with Crippen LogP contribution in [0.3, 0.4) is 0 Å². The third kappa shape index (κ3) is 3.75. The zero-order valence-electron chi connectivity index (χ0n) is 24.2. The molecular formula is C34H33KO3. The molecule has 0 radical (unpaired) electrons. The number of hydrogen-bond acceptors (Lipinski definition) is 3. The van der Waals surface area contributed by atoms with Crippen molar-refractivity contribution in [2.24, 2.45) is 0 Å². The molecule has 188 valence electrons. The molecule has 0 saturated heterocycles. The summed E-state index contributed by atoms with van der Waals surface area (Å²) in [6, 6.07) is 11.8. The fraction of sp³-hybridized carbons (Fsp3) is 0.353. The van der Waals surface area contributed by atoms with Gasteiger partial charge >= 0.3 is 51.4 Å². The predicted molar refractivity (Wildman–Crippen MR) is 155 cm³/mol. The molecule has 0 atom stereocenters. The second-order valence-electron chi connectivity index (χ2n) is 14.0. The second-order valence-corrected chi connectivity index (χ2v) is 14.0. The second kappa shape index (κ2) is 8.34. The summed E-state index contributed by atoms with van der Waals surface area (Å²) >= 11 is 0. The van der Waals surface area contributed by atoms with Crippen LogP contribution in [-0.2, 0) is 16.2 Å². The van der Waals surface area contributed by atoms with E-state index < -0.39 is 0 Å². The third-order valence-corrected chi connectivity index (χ3v) is 8.23. The smallest absolute Gasteiger partial charge is 0.872 e. The van der Waals surface area contributed by atoms with Gasteiger partial charge in [-0.25, -0.2) is 0 Å². The molecule has 2 aliphatic carbocycles. The molecule has 0 fully saturated rings. The number of rotatable bonds is 0. The van der Waals surface area contributed by atoms with Gasteiger partial charge in [-0.15, -0.1) is 0 Å². The first-order chi connectivity index (χ1) is 17.0. The Morgan fingerprint density at radius 2 is 0.763 bits per heavy atom. The van der Waals surface area contributed by atoms with Gasteiger partial charge in [0.2, 0.25) is 0 Å². The molecule has 0 unspecified atom stereocenters. The van der Waals surface area contributed by atoms with Crippen LogP contribution >= 0.6 is 0 Å². The summed E-state index contributed by atoms with van der Waals surface area (Å²) < 4.78 is 0. The van der Waals surface area contributed by atoms with E-state index in [0.29, 0.717) is 48.7 Å². The van der Waals surface area contributed by atoms with Gasteiger partial charge in [-0.1, -0.05) is 80.2 Å². The van der Waals surface area contributed by atoms with Crippen LogP contribution in [0.1, 0.15) is 79.0 Å². The van der Waals surface area contributed by atoms with Crippen LogP contribution in [0.15, 0.2) is 46.0 Å². The zero-order valence-corrected chi connectivity index (χ0v) is 27.3. The van der Waals surface area contributed by atoms with Crippen molar-refractivity contribution in [2.75, 3.05) is 0 Å². The van der Waals surface area contributed by atoms with Crippen LogP contribution in [0.5, 0.6) is 5.75 Å². The summed E-state index contributed by atoms with van der Waals surface area (Å²) in [5, 5.41) is 19.0. The number of hydrogen-bond donors (Lipinski definition) is 0. The van der Waals surface area contributed by atoms with E-state index in [1.165, 1.54) is 0 Å². The fourth-order valence-corrected chi connectivity index (χ4v) is 5.92. The van der Waals surface area contributed by atoms with Crippen LogP contribution < -0.4 is 67.3 Å². The normalized spacial score (nSPS) is 13.5. The maximum absolute atomic E-state index is 14.2. The molecule has 2 aliphatic rings. The first-order valence-corrected chi connectivity index (χ1v) is 13.1. The van der Waals surface area contributed by atoms with Crippen molar-refractivity contribution in [3.63, 3.8) is 0 Å². The fourth-order valence-electron chi connectivity index (χ4n) is 5.92. The van der Waals surface area contributed by atoms with Gasteiger partial charge in [0, 0.05) is 43.4 Å². The van der Waals surface area contributed by atoms with Gasteiger partial charge in [0.15, 0.2) is 10.9 Å². The Morgan fingerprint density at radius 1 is 0.474 bits per heavy atom. The van der Waals surface area contributed by atoms with E-state index in [-0.39, 0.29) is 84.2 Å². The average molecular weight is 529 g/mol. The largest absolute Gasteiger partial charge is 1.00 e. The molecule has 0 amide bonds.